The van der Waals surface area contributed by atoms with Gasteiger partial charge in [0.2, 0.25) is 0 Å². The van der Waals surface area contributed by atoms with Crippen LogP contribution in [-0.2, 0) is 0 Å². The van der Waals surface area contributed by atoms with Crippen LogP contribution in [0.15, 0.2) is 42.5 Å². The Morgan fingerprint density at radius 1 is 1.19 bits per heavy atom. The van der Waals surface area contributed by atoms with Crippen LogP contribution in [0.25, 0.3) is 0 Å². The van der Waals surface area contributed by atoms with Gasteiger partial charge < -0.3 is 14.8 Å². The standard InChI is InChI=1S/C22H27NO3/c1-14(2)25-17-9-7-16(8-10-17)21(24)23-19-13-22(4,5)26-20-12-15(3)6-11-18(19)20/h6-12,14,19H,13H2,1-5H3,(H,23,24). The summed E-state index contributed by atoms with van der Waals surface area (Å²) < 4.78 is 11.7. The van der Waals surface area contributed by atoms with E-state index >= 15 is 0 Å². The number of hydrogen-bond acceptors (Lipinski definition) is 3. The average molecular weight is 353 g/mol. The van der Waals surface area contributed by atoms with Gasteiger partial charge in [0.25, 0.3) is 5.91 Å². The van der Waals surface area contributed by atoms with Crippen molar-refractivity contribution in [3.63, 3.8) is 0 Å². The molecule has 1 unspecified atom stereocenters. The molecule has 2 aromatic carbocycles. The molecule has 1 atom stereocenters. The van der Waals surface area contributed by atoms with Gasteiger partial charge in [0.1, 0.15) is 17.1 Å². The van der Waals surface area contributed by atoms with Crippen LogP contribution in [0, 0.1) is 6.92 Å². The highest BCUT2D eigenvalue weighted by Gasteiger charge is 2.34. The summed E-state index contributed by atoms with van der Waals surface area (Å²) in [4.78, 5) is 12.7. The summed E-state index contributed by atoms with van der Waals surface area (Å²) in [6.07, 6.45) is 0.836. The van der Waals surface area contributed by atoms with Crippen LogP contribution in [0.3, 0.4) is 0 Å². The van der Waals surface area contributed by atoms with Gasteiger partial charge in [0.05, 0.1) is 12.1 Å². The zero-order chi connectivity index (χ0) is 18.9. The first-order valence-corrected chi connectivity index (χ1v) is 9.11. The van der Waals surface area contributed by atoms with Gasteiger partial charge in [-0.3, -0.25) is 4.79 Å². The van der Waals surface area contributed by atoms with Gasteiger partial charge in [-0.15, -0.1) is 0 Å². The summed E-state index contributed by atoms with van der Waals surface area (Å²) in [5, 5.41) is 3.17. The molecule has 2 aromatic rings. The molecule has 1 aliphatic heterocycles. The normalized spacial score (nSPS) is 18.0. The molecule has 1 N–H and O–H groups in total. The second-order valence-electron chi connectivity index (χ2n) is 7.82. The van der Waals surface area contributed by atoms with Crippen molar-refractivity contribution in [2.45, 2.75) is 58.8 Å². The van der Waals surface area contributed by atoms with E-state index in [0.29, 0.717) is 5.56 Å². The van der Waals surface area contributed by atoms with E-state index in [2.05, 4.69) is 25.2 Å². The molecule has 4 heteroatoms. The zero-order valence-electron chi connectivity index (χ0n) is 16.1. The fraction of sp³-hybridized carbons (Fsp3) is 0.409. The third-order valence-electron chi connectivity index (χ3n) is 4.42. The molecule has 0 saturated carbocycles. The van der Waals surface area contributed by atoms with E-state index in [9.17, 15) is 4.79 Å². The highest BCUT2D eigenvalue weighted by Crippen LogP contribution is 2.40. The molecule has 3 rings (SSSR count). The Morgan fingerprint density at radius 3 is 2.54 bits per heavy atom. The third kappa shape index (κ3) is 4.18. The van der Waals surface area contributed by atoms with Crippen LogP contribution in [0.4, 0.5) is 0 Å². The molecule has 1 heterocycles. The Labute approximate surface area is 155 Å². The minimum absolute atomic E-state index is 0.0755. The van der Waals surface area contributed by atoms with Gasteiger partial charge >= 0.3 is 0 Å². The number of rotatable bonds is 4. The Bertz CT molecular complexity index is 794. The van der Waals surface area contributed by atoms with Gasteiger partial charge in [0, 0.05) is 17.5 Å². The van der Waals surface area contributed by atoms with Crippen molar-refractivity contribution < 1.29 is 14.3 Å². The second-order valence-corrected chi connectivity index (χ2v) is 7.82. The molecule has 0 radical (unpaired) electrons. The topological polar surface area (TPSA) is 47.6 Å². The number of amides is 1. The number of fused-ring (bicyclic) bond motifs is 1. The molecular formula is C22H27NO3. The molecular weight excluding hydrogens is 326 g/mol. The molecule has 1 aliphatic rings. The quantitative estimate of drug-likeness (QED) is 0.858. The molecule has 0 fully saturated rings. The summed E-state index contributed by atoms with van der Waals surface area (Å²) in [5.74, 6) is 1.53. The fourth-order valence-corrected chi connectivity index (χ4v) is 3.29. The van der Waals surface area contributed by atoms with Crippen molar-refractivity contribution in [3.8, 4) is 11.5 Å². The van der Waals surface area contributed by atoms with Gasteiger partial charge in [-0.25, -0.2) is 0 Å². The van der Waals surface area contributed by atoms with Crippen molar-refractivity contribution in [3.05, 3.63) is 59.2 Å². The molecule has 0 bridgehead atoms. The highest BCUT2D eigenvalue weighted by atomic mass is 16.5. The van der Waals surface area contributed by atoms with E-state index in [1.165, 1.54) is 0 Å². The molecule has 0 aromatic heterocycles. The molecule has 26 heavy (non-hydrogen) atoms. The highest BCUT2D eigenvalue weighted by molar-refractivity contribution is 5.94. The maximum atomic E-state index is 12.7. The lowest BCUT2D eigenvalue weighted by atomic mass is 9.89. The summed E-state index contributed by atoms with van der Waals surface area (Å²) in [5.41, 5.74) is 2.47. The van der Waals surface area contributed by atoms with Crippen LogP contribution < -0.4 is 14.8 Å². The molecule has 138 valence electrons. The fourth-order valence-electron chi connectivity index (χ4n) is 3.29. The average Bonchev–Trinajstić information content (AvgIpc) is 2.53. The molecule has 0 saturated heterocycles. The first kappa shape index (κ1) is 18.3. The number of carbonyl (C=O) groups is 1. The lowest BCUT2D eigenvalue weighted by molar-refractivity contribution is 0.0619. The first-order chi connectivity index (χ1) is 12.2. The lowest BCUT2D eigenvalue weighted by Crippen LogP contribution is -2.41. The Hall–Kier alpha value is -2.49. The van der Waals surface area contributed by atoms with Crippen molar-refractivity contribution in [1.29, 1.82) is 0 Å². The van der Waals surface area contributed by atoms with Crippen LogP contribution in [0.5, 0.6) is 11.5 Å². The summed E-state index contributed by atoms with van der Waals surface area (Å²) in [6, 6.07) is 13.3. The monoisotopic (exact) mass is 353 g/mol. The number of aryl methyl sites for hydroxylation is 1. The van der Waals surface area contributed by atoms with E-state index < -0.39 is 0 Å². The third-order valence-corrected chi connectivity index (χ3v) is 4.42. The zero-order valence-corrected chi connectivity index (χ0v) is 16.1. The summed E-state index contributed by atoms with van der Waals surface area (Å²) in [7, 11) is 0. The van der Waals surface area contributed by atoms with Gasteiger partial charge in [-0.1, -0.05) is 12.1 Å². The van der Waals surface area contributed by atoms with Crippen molar-refractivity contribution in [2.75, 3.05) is 0 Å². The number of carbonyl (C=O) groups excluding carboxylic acids is 1. The van der Waals surface area contributed by atoms with Gasteiger partial charge in [0.15, 0.2) is 0 Å². The van der Waals surface area contributed by atoms with E-state index in [-0.39, 0.29) is 23.7 Å². The van der Waals surface area contributed by atoms with E-state index in [0.717, 1.165) is 29.0 Å². The minimum Gasteiger partial charge on any atom is -0.491 e. The van der Waals surface area contributed by atoms with Crippen molar-refractivity contribution in [2.24, 2.45) is 0 Å². The smallest absolute Gasteiger partial charge is 0.251 e. The number of hydrogen-bond donors (Lipinski definition) is 1. The Morgan fingerprint density at radius 2 is 1.88 bits per heavy atom. The largest absolute Gasteiger partial charge is 0.491 e. The Kier molecular flexibility index (Phi) is 4.94. The predicted molar refractivity (Wildman–Crippen MR) is 103 cm³/mol. The molecule has 1 amide bonds. The van der Waals surface area contributed by atoms with Crippen molar-refractivity contribution >= 4 is 5.91 Å². The molecule has 4 nitrogen and oxygen atoms in total. The first-order valence-electron chi connectivity index (χ1n) is 9.11. The van der Waals surface area contributed by atoms with Crippen molar-refractivity contribution in [1.82, 2.24) is 5.32 Å². The summed E-state index contributed by atoms with van der Waals surface area (Å²) >= 11 is 0. The maximum absolute atomic E-state index is 12.7. The van der Waals surface area contributed by atoms with E-state index in [1.54, 1.807) is 12.1 Å². The van der Waals surface area contributed by atoms with Crippen LogP contribution in [-0.4, -0.2) is 17.6 Å². The Balaban J connectivity index is 1.78. The van der Waals surface area contributed by atoms with Crippen LogP contribution >= 0.6 is 0 Å². The van der Waals surface area contributed by atoms with Gasteiger partial charge in [-0.05, 0) is 70.5 Å². The van der Waals surface area contributed by atoms with E-state index in [1.807, 2.05) is 45.0 Å². The summed E-state index contributed by atoms with van der Waals surface area (Å²) in [6.45, 7) is 10.1. The van der Waals surface area contributed by atoms with Gasteiger partial charge in [-0.2, -0.15) is 0 Å². The number of ether oxygens (including phenoxy) is 2. The lowest BCUT2D eigenvalue weighted by Gasteiger charge is -2.38. The molecule has 0 spiro atoms. The minimum atomic E-state index is -0.326. The number of nitrogens with one attached hydrogen (secondary N) is 1. The SMILES string of the molecule is Cc1ccc2c(c1)OC(C)(C)CC2NC(=O)c1ccc(OC(C)C)cc1. The van der Waals surface area contributed by atoms with Crippen LogP contribution in [0.2, 0.25) is 0 Å². The maximum Gasteiger partial charge on any atom is 0.251 e. The second kappa shape index (κ2) is 7.02. The predicted octanol–water partition coefficient (Wildman–Crippen LogP) is 4.81. The molecule has 0 aliphatic carbocycles. The van der Waals surface area contributed by atoms with Crippen LogP contribution in [0.1, 0.15) is 61.6 Å². The van der Waals surface area contributed by atoms with E-state index in [4.69, 9.17) is 9.47 Å². The number of benzene rings is 2.